The summed E-state index contributed by atoms with van der Waals surface area (Å²) in [4.78, 5) is 24.6. The molecule has 1 aliphatic heterocycles. The Bertz CT molecular complexity index is 268. The van der Waals surface area contributed by atoms with Crippen LogP contribution < -0.4 is 5.32 Å². The van der Waals surface area contributed by atoms with Crippen molar-refractivity contribution in [1.82, 2.24) is 10.2 Å². The SMILES string of the molecule is CNCC(C)C(=O)N1CCCC[C@H]1C(=O)O. The predicted octanol–water partition coefficient (Wildman–Crippen LogP) is 0.308. The molecule has 2 atom stereocenters. The van der Waals surface area contributed by atoms with Gasteiger partial charge in [0.1, 0.15) is 6.04 Å². The molecule has 16 heavy (non-hydrogen) atoms. The summed E-state index contributed by atoms with van der Waals surface area (Å²) in [6.45, 7) is 2.98. The van der Waals surface area contributed by atoms with Crippen LogP contribution in [0.15, 0.2) is 0 Å². The van der Waals surface area contributed by atoms with Crippen molar-refractivity contribution in [3.8, 4) is 0 Å². The van der Waals surface area contributed by atoms with E-state index in [-0.39, 0.29) is 11.8 Å². The van der Waals surface area contributed by atoms with E-state index in [9.17, 15) is 9.59 Å². The van der Waals surface area contributed by atoms with Gasteiger partial charge in [-0.3, -0.25) is 4.79 Å². The molecule has 1 rings (SSSR count). The van der Waals surface area contributed by atoms with Gasteiger partial charge in [0, 0.05) is 19.0 Å². The molecule has 0 bridgehead atoms. The van der Waals surface area contributed by atoms with Gasteiger partial charge in [0.15, 0.2) is 0 Å². The Labute approximate surface area is 95.8 Å². The Morgan fingerprint density at radius 2 is 2.19 bits per heavy atom. The first-order valence-electron chi connectivity index (χ1n) is 5.75. The number of hydrogen-bond donors (Lipinski definition) is 2. The molecule has 1 heterocycles. The van der Waals surface area contributed by atoms with Gasteiger partial charge in [-0.25, -0.2) is 4.79 Å². The Morgan fingerprint density at radius 3 is 2.75 bits per heavy atom. The fourth-order valence-corrected chi connectivity index (χ4v) is 2.13. The van der Waals surface area contributed by atoms with E-state index < -0.39 is 12.0 Å². The molecular weight excluding hydrogens is 208 g/mol. The van der Waals surface area contributed by atoms with Gasteiger partial charge in [-0.05, 0) is 26.3 Å². The first kappa shape index (κ1) is 13.0. The average molecular weight is 228 g/mol. The van der Waals surface area contributed by atoms with Gasteiger partial charge in [-0.2, -0.15) is 0 Å². The van der Waals surface area contributed by atoms with E-state index in [0.29, 0.717) is 19.5 Å². The molecule has 1 aliphatic rings. The maximum atomic E-state index is 12.0. The van der Waals surface area contributed by atoms with Gasteiger partial charge in [-0.1, -0.05) is 6.92 Å². The highest BCUT2D eigenvalue weighted by molar-refractivity contribution is 5.85. The number of amides is 1. The zero-order valence-corrected chi connectivity index (χ0v) is 9.90. The van der Waals surface area contributed by atoms with Gasteiger partial charge in [-0.15, -0.1) is 0 Å². The zero-order chi connectivity index (χ0) is 12.1. The number of nitrogens with zero attached hydrogens (tertiary/aromatic N) is 1. The van der Waals surface area contributed by atoms with Crippen molar-refractivity contribution >= 4 is 11.9 Å². The summed E-state index contributed by atoms with van der Waals surface area (Å²) in [6, 6.07) is -0.624. The Morgan fingerprint density at radius 1 is 1.50 bits per heavy atom. The van der Waals surface area contributed by atoms with Crippen molar-refractivity contribution in [2.75, 3.05) is 20.1 Å². The minimum Gasteiger partial charge on any atom is -0.480 e. The molecule has 0 saturated carbocycles. The molecule has 5 heteroatoms. The van der Waals surface area contributed by atoms with Gasteiger partial charge >= 0.3 is 5.97 Å². The normalized spacial score (nSPS) is 22.9. The molecule has 1 amide bonds. The predicted molar refractivity (Wildman–Crippen MR) is 60.1 cm³/mol. The zero-order valence-electron chi connectivity index (χ0n) is 9.90. The summed E-state index contributed by atoms with van der Waals surface area (Å²) >= 11 is 0. The number of carbonyl (C=O) groups is 2. The van der Waals surface area contributed by atoms with Gasteiger partial charge in [0.25, 0.3) is 0 Å². The highest BCUT2D eigenvalue weighted by Crippen LogP contribution is 2.19. The Balaban J connectivity index is 2.67. The fourth-order valence-electron chi connectivity index (χ4n) is 2.13. The van der Waals surface area contributed by atoms with E-state index in [1.807, 2.05) is 6.92 Å². The Hall–Kier alpha value is -1.10. The lowest BCUT2D eigenvalue weighted by Crippen LogP contribution is -2.50. The standard InChI is InChI=1S/C11H20N2O3/c1-8(7-12-2)10(14)13-6-4-3-5-9(13)11(15)16/h8-9,12H,3-7H2,1-2H3,(H,15,16)/t8?,9-/m0/s1. The lowest BCUT2D eigenvalue weighted by atomic mass is 9.99. The molecule has 0 spiro atoms. The van der Waals surface area contributed by atoms with Gasteiger partial charge in [0.2, 0.25) is 5.91 Å². The van der Waals surface area contributed by atoms with E-state index in [0.717, 1.165) is 12.8 Å². The topological polar surface area (TPSA) is 69.6 Å². The number of carboxylic acid groups (broad SMARTS) is 1. The molecule has 0 aromatic heterocycles. The molecule has 0 aromatic carbocycles. The lowest BCUT2D eigenvalue weighted by Gasteiger charge is -2.34. The third-order valence-corrected chi connectivity index (χ3v) is 3.00. The van der Waals surface area contributed by atoms with E-state index in [1.54, 1.807) is 7.05 Å². The first-order valence-corrected chi connectivity index (χ1v) is 5.75. The second-order valence-electron chi connectivity index (χ2n) is 4.34. The number of aliphatic carboxylic acids is 1. The second kappa shape index (κ2) is 5.84. The van der Waals surface area contributed by atoms with E-state index in [4.69, 9.17) is 5.11 Å². The molecule has 1 fully saturated rings. The molecule has 0 radical (unpaired) electrons. The molecular formula is C11H20N2O3. The summed E-state index contributed by atoms with van der Waals surface area (Å²) in [7, 11) is 1.79. The summed E-state index contributed by atoms with van der Waals surface area (Å²) in [6.07, 6.45) is 2.37. The molecule has 0 aliphatic carbocycles. The van der Waals surface area contributed by atoms with Crippen LogP contribution in [0, 0.1) is 5.92 Å². The largest absolute Gasteiger partial charge is 0.480 e. The van der Waals surface area contributed by atoms with Crippen LogP contribution >= 0.6 is 0 Å². The summed E-state index contributed by atoms with van der Waals surface area (Å²) < 4.78 is 0. The van der Waals surface area contributed by atoms with Gasteiger partial charge in [0.05, 0.1) is 0 Å². The number of piperidine rings is 1. The molecule has 1 saturated heterocycles. The maximum Gasteiger partial charge on any atom is 0.326 e. The summed E-state index contributed by atoms with van der Waals surface area (Å²) in [5.41, 5.74) is 0. The minimum atomic E-state index is -0.885. The third kappa shape index (κ3) is 2.95. The van der Waals surface area contributed by atoms with Crippen molar-refractivity contribution in [2.24, 2.45) is 5.92 Å². The van der Waals surface area contributed by atoms with Crippen molar-refractivity contribution in [3.05, 3.63) is 0 Å². The number of likely N-dealkylation sites (tertiary alicyclic amines) is 1. The van der Waals surface area contributed by atoms with E-state index >= 15 is 0 Å². The summed E-state index contributed by atoms with van der Waals surface area (Å²) in [5.74, 6) is -1.10. The van der Waals surface area contributed by atoms with Crippen LogP contribution in [0.25, 0.3) is 0 Å². The third-order valence-electron chi connectivity index (χ3n) is 3.00. The Kier molecular flexibility index (Phi) is 4.73. The summed E-state index contributed by atoms with van der Waals surface area (Å²) in [5, 5.41) is 12.0. The van der Waals surface area contributed by atoms with Crippen LogP contribution in [0.2, 0.25) is 0 Å². The molecule has 1 unspecified atom stereocenters. The number of carboxylic acids is 1. The lowest BCUT2D eigenvalue weighted by molar-refractivity contribution is -0.153. The van der Waals surface area contributed by atoms with Gasteiger partial charge < -0.3 is 15.3 Å². The molecule has 92 valence electrons. The number of nitrogens with one attached hydrogen (secondary N) is 1. The van der Waals surface area contributed by atoms with Crippen molar-refractivity contribution < 1.29 is 14.7 Å². The van der Waals surface area contributed by atoms with E-state index in [1.165, 1.54) is 4.90 Å². The van der Waals surface area contributed by atoms with Crippen molar-refractivity contribution in [3.63, 3.8) is 0 Å². The first-order chi connectivity index (χ1) is 7.57. The van der Waals surface area contributed by atoms with Crippen LogP contribution in [-0.2, 0) is 9.59 Å². The van der Waals surface area contributed by atoms with E-state index in [2.05, 4.69) is 5.32 Å². The van der Waals surface area contributed by atoms with Crippen LogP contribution in [0.3, 0.4) is 0 Å². The smallest absolute Gasteiger partial charge is 0.326 e. The maximum absolute atomic E-state index is 12.0. The quantitative estimate of drug-likeness (QED) is 0.726. The highest BCUT2D eigenvalue weighted by Gasteiger charge is 2.33. The highest BCUT2D eigenvalue weighted by atomic mass is 16.4. The second-order valence-corrected chi connectivity index (χ2v) is 4.34. The number of hydrogen-bond acceptors (Lipinski definition) is 3. The number of carbonyl (C=O) groups excluding carboxylic acids is 1. The van der Waals surface area contributed by atoms with Crippen LogP contribution in [0.5, 0.6) is 0 Å². The monoisotopic (exact) mass is 228 g/mol. The van der Waals surface area contributed by atoms with Crippen LogP contribution in [-0.4, -0.2) is 48.1 Å². The van der Waals surface area contributed by atoms with Crippen molar-refractivity contribution in [1.29, 1.82) is 0 Å². The average Bonchev–Trinajstić information content (AvgIpc) is 2.28. The fraction of sp³-hybridized carbons (Fsp3) is 0.818. The van der Waals surface area contributed by atoms with Crippen molar-refractivity contribution in [2.45, 2.75) is 32.2 Å². The number of rotatable bonds is 4. The molecule has 5 nitrogen and oxygen atoms in total. The minimum absolute atomic E-state index is 0.0542. The van der Waals surface area contributed by atoms with Crippen LogP contribution in [0.4, 0.5) is 0 Å². The van der Waals surface area contributed by atoms with Crippen LogP contribution in [0.1, 0.15) is 26.2 Å². The molecule has 0 aromatic rings. The molecule has 2 N–H and O–H groups in total.